The molecule has 2 aromatic carbocycles. The molecule has 1 saturated heterocycles. The molecule has 2 aromatic rings. The molecule has 0 aromatic heterocycles. The minimum Gasteiger partial charge on any atom is -0.285 e. The summed E-state index contributed by atoms with van der Waals surface area (Å²) in [7, 11) is 0. The Hall–Kier alpha value is -1.60. The van der Waals surface area contributed by atoms with Crippen molar-refractivity contribution in [2.75, 3.05) is 6.54 Å². The van der Waals surface area contributed by atoms with Crippen LogP contribution in [0.2, 0.25) is 0 Å². The van der Waals surface area contributed by atoms with E-state index in [9.17, 15) is 0 Å². The maximum Gasteiger partial charge on any atom is 0.0558 e. The second-order valence-corrected chi connectivity index (χ2v) is 6.01. The topological polar surface area (TPSA) is 3.01 Å². The van der Waals surface area contributed by atoms with Crippen molar-refractivity contribution in [3.05, 3.63) is 59.7 Å². The van der Waals surface area contributed by atoms with Gasteiger partial charge in [0.1, 0.15) is 0 Å². The normalized spacial score (nSPS) is 25.6. The Balaban J connectivity index is 1.72. The molecule has 4 rings (SSSR count). The van der Waals surface area contributed by atoms with E-state index in [1.807, 2.05) is 0 Å². The highest BCUT2D eigenvalue weighted by molar-refractivity contribution is 5.76. The van der Waals surface area contributed by atoms with Crippen LogP contribution < -0.4 is 0 Å². The predicted octanol–water partition coefficient (Wildman–Crippen LogP) is 4.96. The molecule has 0 saturated carbocycles. The van der Waals surface area contributed by atoms with E-state index >= 15 is 0 Å². The van der Waals surface area contributed by atoms with Gasteiger partial charge in [-0.1, -0.05) is 68.3 Å². The Labute approximate surface area is 121 Å². The molecule has 1 heterocycles. The molecule has 2 aliphatic rings. The minimum atomic E-state index is 0.637. The zero-order chi connectivity index (χ0) is 13.5. The average Bonchev–Trinajstić information content (AvgIpc) is 3.23. The van der Waals surface area contributed by atoms with E-state index in [-0.39, 0.29) is 0 Å². The molecular formula is C19H21N. The van der Waals surface area contributed by atoms with Gasteiger partial charge in [0.25, 0.3) is 0 Å². The van der Waals surface area contributed by atoms with Crippen molar-refractivity contribution in [2.45, 2.75) is 38.3 Å². The Morgan fingerprint density at radius 1 is 0.800 bits per heavy atom. The van der Waals surface area contributed by atoms with Crippen LogP contribution in [0.1, 0.15) is 49.4 Å². The summed E-state index contributed by atoms with van der Waals surface area (Å²) >= 11 is 0. The first-order chi connectivity index (χ1) is 9.92. The third-order valence-corrected chi connectivity index (χ3v) is 4.79. The van der Waals surface area contributed by atoms with E-state index in [0.29, 0.717) is 12.1 Å². The van der Waals surface area contributed by atoms with Crippen molar-refractivity contribution in [1.82, 2.24) is 4.90 Å². The number of hydrogen-bond donors (Lipinski definition) is 0. The summed E-state index contributed by atoms with van der Waals surface area (Å²) in [6.45, 7) is 3.52. The second-order valence-electron chi connectivity index (χ2n) is 6.01. The predicted molar refractivity (Wildman–Crippen MR) is 83.6 cm³/mol. The van der Waals surface area contributed by atoms with Crippen LogP contribution in [0.15, 0.2) is 48.5 Å². The molecule has 20 heavy (non-hydrogen) atoms. The van der Waals surface area contributed by atoms with Crippen molar-refractivity contribution in [3.63, 3.8) is 0 Å². The van der Waals surface area contributed by atoms with Crippen molar-refractivity contribution in [3.8, 4) is 11.1 Å². The van der Waals surface area contributed by atoms with E-state index in [0.717, 1.165) is 0 Å². The van der Waals surface area contributed by atoms with Crippen molar-refractivity contribution in [1.29, 1.82) is 0 Å². The van der Waals surface area contributed by atoms with Gasteiger partial charge in [-0.2, -0.15) is 0 Å². The van der Waals surface area contributed by atoms with E-state index < -0.39 is 0 Å². The van der Waals surface area contributed by atoms with Crippen LogP contribution in [0, 0.1) is 0 Å². The fourth-order valence-electron chi connectivity index (χ4n) is 3.80. The molecule has 0 N–H and O–H groups in total. The first kappa shape index (κ1) is 12.2. The second kappa shape index (κ2) is 4.75. The molecule has 1 nitrogen and oxygen atoms in total. The molecule has 1 unspecified atom stereocenters. The molecule has 3 atom stereocenters. The zero-order valence-corrected chi connectivity index (χ0v) is 12.0. The number of rotatable bonds is 4. The highest BCUT2D eigenvalue weighted by Gasteiger charge is 2.52. The third-order valence-electron chi connectivity index (χ3n) is 4.79. The summed E-state index contributed by atoms with van der Waals surface area (Å²) < 4.78 is 0. The van der Waals surface area contributed by atoms with Gasteiger partial charge in [-0.15, -0.1) is 0 Å². The first-order valence-corrected chi connectivity index (χ1v) is 7.86. The van der Waals surface area contributed by atoms with Crippen molar-refractivity contribution < 1.29 is 0 Å². The lowest BCUT2D eigenvalue weighted by atomic mass is 9.86. The maximum absolute atomic E-state index is 2.68. The number of benzene rings is 2. The Morgan fingerprint density at radius 2 is 1.35 bits per heavy atom. The Bertz CT molecular complexity index is 580. The van der Waals surface area contributed by atoms with Gasteiger partial charge < -0.3 is 0 Å². The highest BCUT2D eigenvalue weighted by Crippen LogP contribution is 2.61. The highest BCUT2D eigenvalue weighted by atomic mass is 15.4. The summed E-state index contributed by atoms with van der Waals surface area (Å²) in [4.78, 5) is 2.68. The molecule has 1 heteroatoms. The molecule has 1 fully saturated rings. The fourth-order valence-corrected chi connectivity index (χ4v) is 3.80. The SMILES string of the molecule is CCCCCN1[C@@H]2c3ccccc3-c3ccccc3[C@@H]21. The lowest BCUT2D eigenvalue weighted by Gasteiger charge is -2.16. The average molecular weight is 263 g/mol. The number of hydrogen-bond acceptors (Lipinski definition) is 1. The molecule has 0 spiro atoms. The van der Waals surface area contributed by atoms with Gasteiger partial charge in [-0.05, 0) is 35.2 Å². The molecule has 1 aliphatic heterocycles. The van der Waals surface area contributed by atoms with Gasteiger partial charge in [0.05, 0.1) is 12.1 Å². The van der Waals surface area contributed by atoms with Crippen LogP contribution in [0.4, 0.5) is 0 Å². The van der Waals surface area contributed by atoms with E-state index in [4.69, 9.17) is 0 Å². The molecular weight excluding hydrogens is 242 g/mol. The van der Waals surface area contributed by atoms with Crippen LogP contribution in [0.25, 0.3) is 11.1 Å². The van der Waals surface area contributed by atoms with Crippen LogP contribution in [0.5, 0.6) is 0 Å². The Kier molecular flexibility index (Phi) is 2.89. The summed E-state index contributed by atoms with van der Waals surface area (Å²) in [5, 5.41) is 0. The standard InChI is InChI=1S/C19H21N/c1-2-3-8-13-20-18-16-11-6-4-9-14(16)15-10-5-7-12-17(15)19(18)20/h4-7,9-12,18-19H,2-3,8,13H2,1H3/t18-,19+,20?. The van der Waals surface area contributed by atoms with Gasteiger partial charge in [-0.3, -0.25) is 4.90 Å². The molecule has 102 valence electrons. The first-order valence-electron chi connectivity index (χ1n) is 7.86. The fraction of sp³-hybridized carbons (Fsp3) is 0.368. The lowest BCUT2D eigenvalue weighted by molar-refractivity contribution is 0.461. The third kappa shape index (κ3) is 1.73. The van der Waals surface area contributed by atoms with E-state index in [1.165, 1.54) is 48.1 Å². The largest absolute Gasteiger partial charge is 0.285 e. The molecule has 0 bridgehead atoms. The summed E-state index contributed by atoms with van der Waals surface area (Å²) in [6.07, 6.45) is 3.98. The number of fused-ring (bicyclic) bond motifs is 6. The van der Waals surface area contributed by atoms with Crippen LogP contribution in [-0.2, 0) is 0 Å². The monoisotopic (exact) mass is 263 g/mol. The lowest BCUT2D eigenvalue weighted by Crippen LogP contribution is -2.01. The van der Waals surface area contributed by atoms with Crippen LogP contribution >= 0.6 is 0 Å². The molecule has 1 aliphatic carbocycles. The van der Waals surface area contributed by atoms with Gasteiger partial charge in [0.2, 0.25) is 0 Å². The van der Waals surface area contributed by atoms with E-state index in [1.54, 1.807) is 0 Å². The van der Waals surface area contributed by atoms with E-state index in [2.05, 4.69) is 60.4 Å². The summed E-state index contributed by atoms with van der Waals surface area (Å²) in [6, 6.07) is 19.2. The number of unbranched alkanes of at least 4 members (excludes halogenated alkanes) is 2. The van der Waals surface area contributed by atoms with Gasteiger partial charge in [0, 0.05) is 0 Å². The molecule has 0 radical (unpaired) electrons. The maximum atomic E-state index is 2.68. The molecule has 0 amide bonds. The van der Waals surface area contributed by atoms with Crippen LogP contribution in [0.3, 0.4) is 0 Å². The zero-order valence-electron chi connectivity index (χ0n) is 12.0. The van der Waals surface area contributed by atoms with Crippen LogP contribution in [-0.4, -0.2) is 11.4 Å². The van der Waals surface area contributed by atoms with Crippen molar-refractivity contribution in [2.24, 2.45) is 0 Å². The Morgan fingerprint density at radius 3 is 1.90 bits per heavy atom. The smallest absolute Gasteiger partial charge is 0.0558 e. The summed E-state index contributed by atoms with van der Waals surface area (Å²) in [5.74, 6) is 0. The summed E-state index contributed by atoms with van der Waals surface area (Å²) in [5.41, 5.74) is 5.96. The van der Waals surface area contributed by atoms with Gasteiger partial charge in [0.15, 0.2) is 0 Å². The quantitative estimate of drug-likeness (QED) is 0.557. The minimum absolute atomic E-state index is 0.637. The van der Waals surface area contributed by atoms with Gasteiger partial charge >= 0.3 is 0 Å². The number of nitrogens with zero attached hydrogens (tertiary/aromatic N) is 1. The van der Waals surface area contributed by atoms with Crippen molar-refractivity contribution >= 4 is 0 Å². The van der Waals surface area contributed by atoms with Gasteiger partial charge in [-0.25, -0.2) is 0 Å².